The highest BCUT2D eigenvalue weighted by molar-refractivity contribution is 6.06. The van der Waals surface area contributed by atoms with Crippen molar-refractivity contribution in [3.05, 3.63) is 54.1 Å². The molecule has 0 atom stereocenters. The van der Waals surface area contributed by atoms with E-state index in [1.54, 1.807) is 19.1 Å². The summed E-state index contributed by atoms with van der Waals surface area (Å²) in [6.07, 6.45) is 0.917. The molecule has 0 saturated carbocycles. The summed E-state index contributed by atoms with van der Waals surface area (Å²) in [6, 6.07) is 15.0. The summed E-state index contributed by atoms with van der Waals surface area (Å²) >= 11 is 0. The van der Waals surface area contributed by atoms with E-state index >= 15 is 0 Å². The minimum absolute atomic E-state index is 0.103. The highest BCUT2D eigenvalue weighted by Gasteiger charge is 2.21. The van der Waals surface area contributed by atoms with Crippen LogP contribution in [0, 0.1) is 0 Å². The van der Waals surface area contributed by atoms with Crippen molar-refractivity contribution in [1.82, 2.24) is 4.90 Å². The fourth-order valence-electron chi connectivity index (χ4n) is 3.26. The number of benzene rings is 2. The minimum atomic E-state index is -0.170. The normalized spacial score (nSPS) is 13.9. The van der Waals surface area contributed by atoms with Crippen molar-refractivity contribution in [1.29, 1.82) is 0 Å². The molecule has 1 aliphatic heterocycles. The molecule has 148 valence electrons. The van der Waals surface area contributed by atoms with Crippen molar-refractivity contribution in [2.24, 2.45) is 0 Å². The zero-order valence-corrected chi connectivity index (χ0v) is 16.5. The number of nitrogens with one attached hydrogen (secondary N) is 1. The van der Waals surface area contributed by atoms with Crippen LogP contribution in [-0.4, -0.2) is 49.5 Å². The lowest BCUT2D eigenvalue weighted by Crippen LogP contribution is -2.48. The number of carbonyl (C=O) groups is 2. The molecule has 6 heteroatoms. The lowest BCUT2D eigenvalue weighted by Gasteiger charge is -2.36. The van der Waals surface area contributed by atoms with Crippen LogP contribution in [-0.2, 0) is 4.79 Å². The Bertz CT molecular complexity index is 829. The molecule has 2 amide bonds. The summed E-state index contributed by atoms with van der Waals surface area (Å²) < 4.78 is 5.62. The van der Waals surface area contributed by atoms with Crippen LogP contribution >= 0.6 is 0 Å². The molecule has 0 aliphatic carbocycles. The highest BCUT2D eigenvalue weighted by Crippen LogP contribution is 2.27. The highest BCUT2D eigenvalue weighted by atomic mass is 16.5. The van der Waals surface area contributed by atoms with Gasteiger partial charge in [0.05, 0.1) is 18.0 Å². The van der Waals surface area contributed by atoms with Crippen molar-refractivity contribution in [2.75, 3.05) is 43.0 Å². The van der Waals surface area contributed by atoms with Crippen molar-refractivity contribution < 1.29 is 14.3 Å². The van der Waals surface area contributed by atoms with Gasteiger partial charge in [-0.05, 0) is 36.8 Å². The van der Waals surface area contributed by atoms with Gasteiger partial charge in [-0.25, -0.2) is 0 Å². The van der Waals surface area contributed by atoms with Gasteiger partial charge in [-0.1, -0.05) is 25.1 Å². The standard InChI is InChI=1S/C22H27N3O3/c1-3-15-28-19-8-6-7-18(16-19)22(27)23-20-9-4-5-10-21(20)25-13-11-24(12-14-25)17(2)26/h4-10,16H,3,11-15H2,1-2H3,(H,23,27). The molecule has 0 unspecified atom stereocenters. The summed E-state index contributed by atoms with van der Waals surface area (Å²) in [5.74, 6) is 0.631. The number of ether oxygens (including phenoxy) is 1. The Balaban J connectivity index is 1.71. The van der Waals surface area contributed by atoms with Crippen LogP contribution in [0.15, 0.2) is 48.5 Å². The first-order chi connectivity index (χ1) is 13.6. The topological polar surface area (TPSA) is 61.9 Å². The molecule has 1 saturated heterocycles. The number of hydrogen-bond acceptors (Lipinski definition) is 4. The van der Waals surface area contributed by atoms with Crippen LogP contribution in [0.4, 0.5) is 11.4 Å². The number of rotatable bonds is 6. The van der Waals surface area contributed by atoms with Gasteiger partial charge in [-0.15, -0.1) is 0 Å². The summed E-state index contributed by atoms with van der Waals surface area (Å²) in [5.41, 5.74) is 2.30. The maximum Gasteiger partial charge on any atom is 0.255 e. The van der Waals surface area contributed by atoms with E-state index in [0.29, 0.717) is 31.0 Å². The van der Waals surface area contributed by atoms with Crippen LogP contribution < -0.4 is 15.0 Å². The summed E-state index contributed by atoms with van der Waals surface area (Å²) in [4.78, 5) is 28.4. The molecule has 0 bridgehead atoms. The van der Waals surface area contributed by atoms with E-state index in [2.05, 4.69) is 10.2 Å². The molecule has 6 nitrogen and oxygen atoms in total. The monoisotopic (exact) mass is 381 g/mol. The quantitative estimate of drug-likeness (QED) is 0.833. The largest absolute Gasteiger partial charge is 0.494 e. The molecule has 0 spiro atoms. The fraction of sp³-hybridized carbons (Fsp3) is 0.364. The van der Waals surface area contributed by atoms with E-state index in [4.69, 9.17) is 4.74 Å². The smallest absolute Gasteiger partial charge is 0.255 e. The molecule has 1 heterocycles. The Morgan fingerprint density at radius 3 is 2.50 bits per heavy atom. The first kappa shape index (κ1) is 19.7. The molecule has 2 aromatic rings. The Kier molecular flexibility index (Phi) is 6.53. The Morgan fingerprint density at radius 1 is 1.04 bits per heavy atom. The van der Waals surface area contributed by atoms with E-state index in [0.717, 1.165) is 30.9 Å². The predicted octanol–water partition coefficient (Wildman–Crippen LogP) is 3.40. The van der Waals surface area contributed by atoms with Gasteiger partial charge < -0.3 is 19.9 Å². The molecule has 0 radical (unpaired) electrons. The first-order valence-electron chi connectivity index (χ1n) is 9.72. The van der Waals surface area contributed by atoms with E-state index in [-0.39, 0.29) is 11.8 Å². The second-order valence-electron chi connectivity index (χ2n) is 6.84. The molecule has 1 aliphatic rings. The number of amides is 2. The summed E-state index contributed by atoms with van der Waals surface area (Å²) in [6.45, 7) is 7.13. The van der Waals surface area contributed by atoms with Gasteiger partial charge in [-0.3, -0.25) is 9.59 Å². The Labute approximate surface area is 166 Å². The zero-order chi connectivity index (χ0) is 19.9. The average Bonchev–Trinajstić information content (AvgIpc) is 2.73. The number of hydrogen-bond donors (Lipinski definition) is 1. The second-order valence-corrected chi connectivity index (χ2v) is 6.84. The third kappa shape index (κ3) is 4.82. The number of carbonyl (C=O) groups excluding carboxylic acids is 2. The van der Waals surface area contributed by atoms with Crippen molar-refractivity contribution in [2.45, 2.75) is 20.3 Å². The third-order valence-electron chi connectivity index (χ3n) is 4.79. The van der Waals surface area contributed by atoms with Crippen LogP contribution in [0.2, 0.25) is 0 Å². The van der Waals surface area contributed by atoms with Crippen molar-refractivity contribution >= 4 is 23.2 Å². The van der Waals surface area contributed by atoms with Gasteiger partial charge in [0, 0.05) is 38.7 Å². The Morgan fingerprint density at radius 2 is 1.79 bits per heavy atom. The molecule has 28 heavy (non-hydrogen) atoms. The maximum atomic E-state index is 12.8. The fourth-order valence-corrected chi connectivity index (χ4v) is 3.26. The second kappa shape index (κ2) is 9.26. The van der Waals surface area contributed by atoms with Gasteiger partial charge in [0.2, 0.25) is 5.91 Å². The molecular weight excluding hydrogens is 354 g/mol. The number of para-hydroxylation sites is 2. The minimum Gasteiger partial charge on any atom is -0.494 e. The van der Waals surface area contributed by atoms with Crippen LogP contribution in [0.3, 0.4) is 0 Å². The lowest BCUT2D eigenvalue weighted by molar-refractivity contribution is -0.129. The van der Waals surface area contributed by atoms with E-state index in [1.807, 2.05) is 48.2 Å². The number of piperazine rings is 1. The summed E-state index contributed by atoms with van der Waals surface area (Å²) in [7, 11) is 0. The van der Waals surface area contributed by atoms with Crippen molar-refractivity contribution in [3.8, 4) is 5.75 Å². The SMILES string of the molecule is CCCOc1cccc(C(=O)Nc2ccccc2N2CCN(C(C)=O)CC2)c1. The maximum absolute atomic E-state index is 12.8. The predicted molar refractivity (Wildman–Crippen MR) is 111 cm³/mol. The third-order valence-corrected chi connectivity index (χ3v) is 4.79. The van der Waals surface area contributed by atoms with Crippen LogP contribution in [0.1, 0.15) is 30.6 Å². The molecule has 1 fully saturated rings. The first-order valence-corrected chi connectivity index (χ1v) is 9.72. The van der Waals surface area contributed by atoms with Crippen LogP contribution in [0.5, 0.6) is 5.75 Å². The summed E-state index contributed by atoms with van der Waals surface area (Å²) in [5, 5.41) is 3.02. The molecule has 0 aromatic heterocycles. The van der Waals surface area contributed by atoms with Crippen LogP contribution in [0.25, 0.3) is 0 Å². The zero-order valence-electron chi connectivity index (χ0n) is 16.5. The van der Waals surface area contributed by atoms with Gasteiger partial charge in [0.1, 0.15) is 5.75 Å². The molecule has 1 N–H and O–H groups in total. The molecular formula is C22H27N3O3. The van der Waals surface area contributed by atoms with E-state index in [9.17, 15) is 9.59 Å². The van der Waals surface area contributed by atoms with E-state index in [1.165, 1.54) is 0 Å². The lowest BCUT2D eigenvalue weighted by atomic mass is 10.1. The van der Waals surface area contributed by atoms with Gasteiger partial charge >= 0.3 is 0 Å². The van der Waals surface area contributed by atoms with Gasteiger partial charge in [0.15, 0.2) is 0 Å². The number of anilines is 2. The molecule has 3 rings (SSSR count). The van der Waals surface area contributed by atoms with Crippen molar-refractivity contribution in [3.63, 3.8) is 0 Å². The van der Waals surface area contributed by atoms with Gasteiger partial charge in [-0.2, -0.15) is 0 Å². The average molecular weight is 381 g/mol. The van der Waals surface area contributed by atoms with Gasteiger partial charge in [0.25, 0.3) is 5.91 Å². The molecule has 2 aromatic carbocycles. The number of nitrogens with zero attached hydrogens (tertiary/aromatic N) is 2. The van der Waals surface area contributed by atoms with E-state index < -0.39 is 0 Å². The Hall–Kier alpha value is -3.02.